The summed E-state index contributed by atoms with van der Waals surface area (Å²) in [5, 5.41) is 10.9. The van der Waals surface area contributed by atoms with Gasteiger partial charge in [-0.1, -0.05) is 6.07 Å². The SMILES string of the molecule is COc1ccc(-c2c3c(=O)n(C)c(=O)n(C)c3c3n2C(C)(C)COC3c2ccc(OC)c(O)c2)cc1. The molecular formula is C27H29N3O6. The van der Waals surface area contributed by atoms with Gasteiger partial charge in [-0.15, -0.1) is 0 Å². The Balaban J connectivity index is 1.94. The van der Waals surface area contributed by atoms with E-state index in [2.05, 4.69) is 4.57 Å². The zero-order valence-corrected chi connectivity index (χ0v) is 21.2. The van der Waals surface area contributed by atoms with Crippen molar-refractivity contribution in [1.82, 2.24) is 13.7 Å². The second-order valence-electron chi connectivity index (χ2n) is 9.66. The third-order valence-electron chi connectivity index (χ3n) is 6.93. The summed E-state index contributed by atoms with van der Waals surface area (Å²) >= 11 is 0. The van der Waals surface area contributed by atoms with Crippen LogP contribution >= 0.6 is 0 Å². The van der Waals surface area contributed by atoms with E-state index in [0.29, 0.717) is 46.0 Å². The molecule has 0 aliphatic carbocycles. The van der Waals surface area contributed by atoms with Crippen molar-refractivity contribution in [2.75, 3.05) is 20.8 Å². The minimum absolute atomic E-state index is 0.0222. The highest BCUT2D eigenvalue weighted by Gasteiger charge is 2.40. The molecule has 2 aromatic carbocycles. The molecular weight excluding hydrogens is 462 g/mol. The molecule has 0 fully saturated rings. The Labute approximate surface area is 207 Å². The summed E-state index contributed by atoms with van der Waals surface area (Å²) in [6.45, 7) is 4.41. The number of rotatable bonds is 4. The van der Waals surface area contributed by atoms with E-state index in [1.54, 1.807) is 26.3 Å². The number of hydrogen-bond acceptors (Lipinski definition) is 6. The zero-order valence-electron chi connectivity index (χ0n) is 21.2. The van der Waals surface area contributed by atoms with Crippen molar-refractivity contribution in [3.8, 4) is 28.5 Å². The molecule has 3 heterocycles. The lowest BCUT2D eigenvalue weighted by Crippen LogP contribution is -2.40. The molecule has 1 unspecified atom stereocenters. The van der Waals surface area contributed by atoms with Crippen LogP contribution in [-0.2, 0) is 24.4 Å². The molecule has 9 heteroatoms. The molecule has 1 atom stereocenters. The van der Waals surface area contributed by atoms with Gasteiger partial charge in [-0.2, -0.15) is 0 Å². The molecule has 0 saturated carbocycles. The highest BCUT2D eigenvalue weighted by molar-refractivity contribution is 5.97. The number of aromatic nitrogens is 3. The average molecular weight is 492 g/mol. The smallest absolute Gasteiger partial charge is 0.331 e. The van der Waals surface area contributed by atoms with Gasteiger partial charge in [-0.3, -0.25) is 13.9 Å². The van der Waals surface area contributed by atoms with Gasteiger partial charge in [0.1, 0.15) is 11.9 Å². The van der Waals surface area contributed by atoms with Crippen molar-refractivity contribution in [3.05, 3.63) is 74.6 Å². The lowest BCUT2D eigenvalue weighted by Gasteiger charge is -2.39. The third-order valence-corrected chi connectivity index (χ3v) is 6.93. The van der Waals surface area contributed by atoms with E-state index in [-0.39, 0.29) is 11.3 Å². The first-order valence-corrected chi connectivity index (χ1v) is 11.6. The van der Waals surface area contributed by atoms with Crippen LogP contribution in [0.1, 0.15) is 31.2 Å². The van der Waals surface area contributed by atoms with Crippen molar-refractivity contribution < 1.29 is 19.3 Å². The number of benzene rings is 2. The fourth-order valence-electron chi connectivity index (χ4n) is 5.14. The van der Waals surface area contributed by atoms with Gasteiger partial charge >= 0.3 is 5.69 Å². The summed E-state index contributed by atoms with van der Waals surface area (Å²) in [5.41, 5.74) is 2.02. The first kappa shape index (κ1) is 23.7. The molecule has 0 bridgehead atoms. The van der Waals surface area contributed by atoms with Crippen LogP contribution in [0.2, 0.25) is 0 Å². The summed E-state index contributed by atoms with van der Waals surface area (Å²) in [5.74, 6) is 1.02. The van der Waals surface area contributed by atoms with Gasteiger partial charge in [0.2, 0.25) is 0 Å². The first-order valence-electron chi connectivity index (χ1n) is 11.6. The molecule has 2 aromatic heterocycles. The lowest BCUT2D eigenvalue weighted by atomic mass is 9.97. The third kappa shape index (κ3) is 3.34. The Morgan fingerprint density at radius 1 is 1.00 bits per heavy atom. The molecule has 1 aliphatic rings. The quantitative estimate of drug-likeness (QED) is 0.471. The van der Waals surface area contributed by atoms with Gasteiger partial charge in [0.15, 0.2) is 11.5 Å². The number of aromatic hydroxyl groups is 1. The lowest BCUT2D eigenvalue weighted by molar-refractivity contribution is -0.00716. The molecule has 0 amide bonds. The van der Waals surface area contributed by atoms with E-state index in [4.69, 9.17) is 14.2 Å². The Kier molecular flexibility index (Phi) is 5.48. The number of ether oxygens (including phenoxy) is 3. The molecule has 36 heavy (non-hydrogen) atoms. The summed E-state index contributed by atoms with van der Waals surface area (Å²) in [7, 11) is 6.23. The second-order valence-corrected chi connectivity index (χ2v) is 9.66. The largest absolute Gasteiger partial charge is 0.504 e. The summed E-state index contributed by atoms with van der Waals surface area (Å²) in [4.78, 5) is 26.7. The maximum absolute atomic E-state index is 13.6. The fraction of sp³-hybridized carbons (Fsp3) is 0.333. The predicted molar refractivity (Wildman–Crippen MR) is 136 cm³/mol. The van der Waals surface area contributed by atoms with Crippen molar-refractivity contribution in [3.63, 3.8) is 0 Å². The molecule has 0 radical (unpaired) electrons. The number of methoxy groups -OCH3 is 2. The molecule has 9 nitrogen and oxygen atoms in total. The van der Waals surface area contributed by atoms with E-state index in [9.17, 15) is 14.7 Å². The Bertz CT molecular complexity index is 1610. The summed E-state index contributed by atoms with van der Waals surface area (Å²) in [6.07, 6.45) is -0.637. The second kappa shape index (κ2) is 8.30. The number of aryl methyl sites for hydroxylation is 1. The van der Waals surface area contributed by atoms with Crippen molar-refractivity contribution in [2.45, 2.75) is 25.5 Å². The van der Waals surface area contributed by atoms with Crippen LogP contribution in [0.15, 0.2) is 52.1 Å². The highest BCUT2D eigenvalue weighted by Crippen LogP contribution is 2.46. The van der Waals surface area contributed by atoms with Crippen LogP contribution in [-0.4, -0.2) is 39.6 Å². The van der Waals surface area contributed by atoms with Gasteiger partial charge in [0.25, 0.3) is 5.56 Å². The van der Waals surface area contributed by atoms with Crippen molar-refractivity contribution in [1.29, 1.82) is 0 Å². The van der Waals surface area contributed by atoms with Gasteiger partial charge < -0.3 is 23.9 Å². The summed E-state index contributed by atoms with van der Waals surface area (Å²) in [6, 6.07) is 12.6. The molecule has 5 rings (SSSR count). The maximum Gasteiger partial charge on any atom is 0.331 e. The van der Waals surface area contributed by atoms with Gasteiger partial charge in [0.05, 0.1) is 48.7 Å². The Morgan fingerprint density at radius 3 is 2.31 bits per heavy atom. The number of fused-ring (bicyclic) bond motifs is 3. The van der Waals surface area contributed by atoms with Gasteiger partial charge in [-0.25, -0.2) is 4.79 Å². The summed E-state index contributed by atoms with van der Waals surface area (Å²) < 4.78 is 21.7. The predicted octanol–water partition coefficient (Wildman–Crippen LogP) is 3.28. The monoisotopic (exact) mass is 491 g/mol. The van der Waals surface area contributed by atoms with Crippen LogP contribution < -0.4 is 20.7 Å². The van der Waals surface area contributed by atoms with E-state index in [1.165, 1.54) is 18.7 Å². The van der Waals surface area contributed by atoms with Crippen LogP contribution in [0.3, 0.4) is 0 Å². The topological polar surface area (TPSA) is 96.9 Å². The van der Waals surface area contributed by atoms with Crippen LogP contribution in [0.5, 0.6) is 17.2 Å². The standard InChI is InChI=1S/C27H29N3O6/c1-27(2)14-36-24(16-9-12-19(35-6)18(31)13-16)23-22-20(25(32)29(4)26(33)28(22)3)21(30(23)27)15-7-10-17(34-5)11-8-15/h7-13,24,31H,14H2,1-6H3. The molecule has 0 saturated heterocycles. The van der Waals surface area contributed by atoms with Crippen LogP contribution in [0.4, 0.5) is 0 Å². The molecule has 0 spiro atoms. The molecule has 188 valence electrons. The normalized spacial score (nSPS) is 16.7. The molecule has 1 aliphatic heterocycles. The van der Waals surface area contributed by atoms with E-state index in [1.807, 2.05) is 44.2 Å². The van der Waals surface area contributed by atoms with E-state index >= 15 is 0 Å². The van der Waals surface area contributed by atoms with Crippen molar-refractivity contribution >= 4 is 10.9 Å². The zero-order chi connectivity index (χ0) is 25.9. The minimum Gasteiger partial charge on any atom is -0.504 e. The van der Waals surface area contributed by atoms with Crippen molar-refractivity contribution in [2.24, 2.45) is 14.1 Å². The fourth-order valence-corrected chi connectivity index (χ4v) is 5.14. The Hall–Kier alpha value is -3.98. The average Bonchev–Trinajstić information content (AvgIpc) is 3.24. The maximum atomic E-state index is 13.6. The number of phenolic OH excluding ortho intramolecular Hbond substituents is 1. The van der Waals surface area contributed by atoms with E-state index < -0.39 is 17.3 Å². The molecule has 1 N–H and O–H groups in total. The van der Waals surface area contributed by atoms with Gasteiger partial charge in [-0.05, 0) is 61.4 Å². The minimum atomic E-state index is -0.637. The number of hydrogen-bond donors (Lipinski definition) is 1. The first-order chi connectivity index (χ1) is 17.1. The Morgan fingerprint density at radius 2 is 1.69 bits per heavy atom. The molecule has 4 aromatic rings. The van der Waals surface area contributed by atoms with Crippen LogP contribution in [0.25, 0.3) is 22.2 Å². The highest BCUT2D eigenvalue weighted by atomic mass is 16.5. The number of nitrogens with zero attached hydrogens (tertiary/aromatic N) is 3. The number of phenols is 1. The van der Waals surface area contributed by atoms with Gasteiger partial charge in [0, 0.05) is 14.1 Å². The van der Waals surface area contributed by atoms with E-state index in [0.717, 1.165) is 10.1 Å². The van der Waals surface area contributed by atoms with Crippen LogP contribution in [0, 0.1) is 0 Å².